The van der Waals surface area contributed by atoms with Crippen LogP contribution in [0.4, 0.5) is 0 Å². The highest BCUT2D eigenvalue weighted by molar-refractivity contribution is 7.18. The Labute approximate surface area is 151 Å². The standard InChI is InChI=1S/C18H23N3O3S/c1-13(22)21(12-18(23)24)14-5-4-9-20(10-8-14)11-17-19-15-6-2-3-7-16(15)25-17/h2-3,6-7,14H,4-5,8-12H2,1H3,(H,23,24). The van der Waals surface area contributed by atoms with Gasteiger partial charge in [-0.2, -0.15) is 0 Å². The van der Waals surface area contributed by atoms with Gasteiger partial charge in [0.25, 0.3) is 0 Å². The van der Waals surface area contributed by atoms with E-state index in [9.17, 15) is 9.59 Å². The van der Waals surface area contributed by atoms with Crippen LogP contribution in [0.15, 0.2) is 24.3 Å². The van der Waals surface area contributed by atoms with E-state index < -0.39 is 5.97 Å². The molecule has 1 aliphatic rings. The van der Waals surface area contributed by atoms with Gasteiger partial charge in [0.05, 0.1) is 16.8 Å². The van der Waals surface area contributed by atoms with Gasteiger partial charge in [-0.25, -0.2) is 4.98 Å². The first-order chi connectivity index (χ1) is 12.0. The second kappa shape index (κ2) is 7.93. The summed E-state index contributed by atoms with van der Waals surface area (Å²) in [5, 5.41) is 10.1. The third kappa shape index (κ3) is 4.55. The third-order valence-electron chi connectivity index (χ3n) is 4.64. The third-order valence-corrected chi connectivity index (χ3v) is 5.66. The van der Waals surface area contributed by atoms with Crippen molar-refractivity contribution in [3.63, 3.8) is 0 Å². The molecule has 1 fully saturated rings. The number of benzene rings is 1. The highest BCUT2D eigenvalue weighted by Crippen LogP contribution is 2.24. The molecule has 0 bridgehead atoms. The first kappa shape index (κ1) is 17.8. The molecule has 0 spiro atoms. The number of carboxylic acid groups (broad SMARTS) is 1. The Balaban J connectivity index is 1.62. The average molecular weight is 361 g/mol. The zero-order chi connectivity index (χ0) is 17.8. The van der Waals surface area contributed by atoms with Crippen LogP contribution in [0.5, 0.6) is 0 Å². The van der Waals surface area contributed by atoms with E-state index >= 15 is 0 Å². The summed E-state index contributed by atoms with van der Waals surface area (Å²) in [4.78, 5) is 31.4. The van der Waals surface area contributed by atoms with Crippen LogP contribution >= 0.6 is 11.3 Å². The number of aromatic nitrogens is 1. The molecule has 1 aromatic heterocycles. The molecule has 7 heteroatoms. The lowest BCUT2D eigenvalue weighted by atomic mass is 10.1. The van der Waals surface area contributed by atoms with Crippen molar-refractivity contribution >= 4 is 33.4 Å². The van der Waals surface area contributed by atoms with Gasteiger partial charge in [-0.1, -0.05) is 12.1 Å². The van der Waals surface area contributed by atoms with Crippen LogP contribution in [0.25, 0.3) is 10.2 Å². The van der Waals surface area contributed by atoms with Gasteiger partial charge in [0.15, 0.2) is 0 Å². The van der Waals surface area contributed by atoms with Crippen molar-refractivity contribution < 1.29 is 14.7 Å². The van der Waals surface area contributed by atoms with Gasteiger partial charge >= 0.3 is 5.97 Å². The van der Waals surface area contributed by atoms with Gasteiger partial charge in [-0.05, 0) is 37.9 Å². The van der Waals surface area contributed by atoms with Gasteiger partial charge in [0.1, 0.15) is 11.6 Å². The molecule has 25 heavy (non-hydrogen) atoms. The van der Waals surface area contributed by atoms with Gasteiger partial charge in [-0.3, -0.25) is 14.5 Å². The van der Waals surface area contributed by atoms with Crippen molar-refractivity contribution in [1.29, 1.82) is 0 Å². The molecule has 0 saturated carbocycles. The number of likely N-dealkylation sites (tertiary alicyclic amines) is 1. The lowest BCUT2D eigenvalue weighted by molar-refractivity contribution is -0.145. The summed E-state index contributed by atoms with van der Waals surface area (Å²) in [5.41, 5.74) is 1.04. The Hall–Kier alpha value is -1.99. The minimum Gasteiger partial charge on any atom is -0.480 e. The number of fused-ring (bicyclic) bond motifs is 1. The smallest absolute Gasteiger partial charge is 0.323 e. The van der Waals surface area contributed by atoms with E-state index in [4.69, 9.17) is 10.1 Å². The summed E-state index contributed by atoms with van der Waals surface area (Å²) in [6.07, 6.45) is 2.61. The number of para-hydroxylation sites is 1. The summed E-state index contributed by atoms with van der Waals surface area (Å²) in [7, 11) is 0. The van der Waals surface area contributed by atoms with E-state index in [0.717, 1.165) is 49.4 Å². The number of amides is 1. The van der Waals surface area contributed by atoms with Crippen molar-refractivity contribution in [2.24, 2.45) is 0 Å². The van der Waals surface area contributed by atoms with Crippen LogP contribution in [-0.2, 0) is 16.1 Å². The molecule has 3 rings (SSSR count). The van der Waals surface area contributed by atoms with Crippen molar-refractivity contribution in [1.82, 2.24) is 14.8 Å². The van der Waals surface area contributed by atoms with E-state index in [1.54, 1.807) is 11.3 Å². The second-order valence-electron chi connectivity index (χ2n) is 6.48. The number of nitrogens with zero attached hydrogens (tertiary/aromatic N) is 3. The van der Waals surface area contributed by atoms with Crippen molar-refractivity contribution in [3.05, 3.63) is 29.3 Å². The summed E-state index contributed by atoms with van der Waals surface area (Å²) < 4.78 is 1.20. The van der Waals surface area contributed by atoms with Gasteiger partial charge < -0.3 is 10.0 Å². The molecular weight excluding hydrogens is 338 g/mol. The van der Waals surface area contributed by atoms with Crippen LogP contribution in [0, 0.1) is 0 Å². The van der Waals surface area contributed by atoms with Crippen LogP contribution in [0.3, 0.4) is 0 Å². The maximum atomic E-state index is 11.8. The molecule has 1 atom stereocenters. The largest absolute Gasteiger partial charge is 0.480 e. The molecule has 1 aromatic carbocycles. The van der Waals surface area contributed by atoms with E-state index in [1.165, 1.54) is 16.5 Å². The molecule has 1 saturated heterocycles. The molecule has 0 radical (unpaired) electrons. The van der Waals surface area contributed by atoms with E-state index in [-0.39, 0.29) is 18.5 Å². The summed E-state index contributed by atoms with van der Waals surface area (Å²) in [6, 6.07) is 8.16. The van der Waals surface area contributed by atoms with Crippen LogP contribution in [0.2, 0.25) is 0 Å². The predicted octanol–water partition coefficient (Wildman–Crippen LogP) is 2.58. The Morgan fingerprint density at radius 3 is 2.84 bits per heavy atom. The lowest BCUT2D eigenvalue weighted by Gasteiger charge is -2.28. The number of rotatable bonds is 5. The fourth-order valence-corrected chi connectivity index (χ4v) is 4.44. The highest BCUT2D eigenvalue weighted by atomic mass is 32.1. The lowest BCUT2D eigenvalue weighted by Crippen LogP contribution is -2.42. The monoisotopic (exact) mass is 361 g/mol. The molecule has 2 aromatic rings. The number of aliphatic carboxylic acids is 1. The highest BCUT2D eigenvalue weighted by Gasteiger charge is 2.26. The minimum atomic E-state index is -0.953. The van der Waals surface area contributed by atoms with Crippen molar-refractivity contribution in [3.8, 4) is 0 Å². The fourth-order valence-electron chi connectivity index (χ4n) is 3.43. The molecule has 134 valence electrons. The summed E-state index contributed by atoms with van der Waals surface area (Å²) >= 11 is 1.72. The second-order valence-corrected chi connectivity index (χ2v) is 7.59. The predicted molar refractivity (Wildman–Crippen MR) is 97.6 cm³/mol. The molecular formula is C18H23N3O3S. The Morgan fingerprint density at radius 2 is 2.12 bits per heavy atom. The van der Waals surface area contributed by atoms with Crippen molar-refractivity contribution in [2.75, 3.05) is 19.6 Å². The Bertz CT molecular complexity index is 728. The quantitative estimate of drug-likeness (QED) is 0.886. The van der Waals surface area contributed by atoms with E-state index in [0.29, 0.717) is 0 Å². The number of carbonyl (C=O) groups excluding carboxylic acids is 1. The zero-order valence-corrected chi connectivity index (χ0v) is 15.2. The topological polar surface area (TPSA) is 73.7 Å². The first-order valence-electron chi connectivity index (χ1n) is 8.58. The van der Waals surface area contributed by atoms with E-state index in [2.05, 4.69) is 11.0 Å². The summed E-state index contributed by atoms with van der Waals surface area (Å²) in [5.74, 6) is -1.11. The molecule has 2 heterocycles. The number of carboxylic acids is 1. The number of hydrogen-bond donors (Lipinski definition) is 1. The molecule has 1 amide bonds. The van der Waals surface area contributed by atoms with Crippen LogP contribution in [0.1, 0.15) is 31.2 Å². The molecule has 1 aliphatic heterocycles. The Morgan fingerprint density at radius 1 is 1.32 bits per heavy atom. The SMILES string of the molecule is CC(=O)N(CC(=O)O)C1CCCN(Cc2nc3ccccc3s2)CC1. The van der Waals surface area contributed by atoms with Crippen molar-refractivity contribution in [2.45, 2.75) is 38.8 Å². The van der Waals surface area contributed by atoms with Gasteiger partial charge in [0.2, 0.25) is 5.91 Å². The number of thiazole rings is 1. The molecule has 1 unspecified atom stereocenters. The van der Waals surface area contributed by atoms with Gasteiger partial charge in [0, 0.05) is 19.5 Å². The first-order valence-corrected chi connectivity index (χ1v) is 9.40. The molecule has 6 nitrogen and oxygen atoms in total. The van der Waals surface area contributed by atoms with Gasteiger partial charge in [-0.15, -0.1) is 11.3 Å². The maximum absolute atomic E-state index is 11.8. The maximum Gasteiger partial charge on any atom is 0.323 e. The Kier molecular flexibility index (Phi) is 5.65. The van der Waals surface area contributed by atoms with Crippen LogP contribution in [-0.4, -0.2) is 57.4 Å². The normalized spacial score (nSPS) is 18.8. The molecule has 0 aliphatic carbocycles. The van der Waals surface area contributed by atoms with E-state index in [1.807, 2.05) is 18.2 Å². The fraction of sp³-hybridized carbons (Fsp3) is 0.500. The number of carbonyl (C=O) groups is 2. The minimum absolute atomic E-state index is 0.00830. The van der Waals surface area contributed by atoms with Crippen LogP contribution < -0.4 is 0 Å². The number of hydrogen-bond acceptors (Lipinski definition) is 5. The molecule has 1 N–H and O–H groups in total. The average Bonchev–Trinajstić information content (AvgIpc) is 2.83. The zero-order valence-electron chi connectivity index (χ0n) is 14.4. The summed E-state index contributed by atoms with van der Waals surface area (Å²) in [6.45, 7) is 3.85.